The van der Waals surface area contributed by atoms with Crippen molar-refractivity contribution in [3.05, 3.63) is 0 Å². The number of nitrogens with two attached hydrogens (primary N) is 1. The lowest BCUT2D eigenvalue weighted by atomic mass is 10.1. The fraction of sp³-hybridized carbons (Fsp3) is 1.00. The Morgan fingerprint density at radius 3 is 2.75 bits per heavy atom. The quantitative estimate of drug-likeness (QED) is 0.444. The molecule has 1 fully saturated rings. The second kappa shape index (κ2) is 5.36. The minimum absolute atomic E-state index is 0.289. The topological polar surface area (TPSA) is 47.3 Å². The standard InChI is InChI=1S/C8H17IN2O/c1-6(2-8(9)10)3-11-7-4-12-5-7/h6-8,11H,2-5,10H2,1H3. The number of nitrogens with one attached hydrogen (secondary N) is 1. The van der Waals surface area contributed by atoms with Gasteiger partial charge >= 0.3 is 0 Å². The fourth-order valence-electron chi connectivity index (χ4n) is 1.19. The molecule has 4 heteroatoms. The summed E-state index contributed by atoms with van der Waals surface area (Å²) in [5, 5.41) is 3.44. The molecule has 2 atom stereocenters. The van der Waals surface area contributed by atoms with Crippen molar-refractivity contribution in [3.63, 3.8) is 0 Å². The second-order valence-corrected chi connectivity index (χ2v) is 5.10. The highest BCUT2D eigenvalue weighted by atomic mass is 127. The molecule has 0 aromatic heterocycles. The molecule has 0 aromatic carbocycles. The van der Waals surface area contributed by atoms with Crippen molar-refractivity contribution < 1.29 is 4.74 Å². The van der Waals surface area contributed by atoms with E-state index >= 15 is 0 Å². The molecule has 0 saturated carbocycles. The first-order valence-corrected chi connectivity index (χ1v) is 5.64. The van der Waals surface area contributed by atoms with Crippen molar-refractivity contribution in [2.45, 2.75) is 23.4 Å². The lowest BCUT2D eigenvalue weighted by Crippen LogP contribution is -2.47. The highest BCUT2D eigenvalue weighted by Crippen LogP contribution is 2.09. The summed E-state index contributed by atoms with van der Waals surface area (Å²) in [6, 6.07) is 0.595. The molecule has 1 rings (SSSR count). The molecular weight excluding hydrogens is 267 g/mol. The minimum atomic E-state index is 0.289. The normalized spacial score (nSPS) is 23.2. The van der Waals surface area contributed by atoms with Crippen LogP contribution in [0.2, 0.25) is 0 Å². The molecule has 0 radical (unpaired) electrons. The molecule has 72 valence electrons. The van der Waals surface area contributed by atoms with Crippen LogP contribution in [0.4, 0.5) is 0 Å². The Labute approximate surface area is 87.6 Å². The zero-order valence-electron chi connectivity index (χ0n) is 7.42. The third-order valence-corrected chi connectivity index (χ3v) is 2.53. The summed E-state index contributed by atoms with van der Waals surface area (Å²) in [5.41, 5.74) is 5.68. The summed E-state index contributed by atoms with van der Waals surface area (Å²) in [7, 11) is 0. The van der Waals surface area contributed by atoms with Crippen LogP contribution in [0.15, 0.2) is 0 Å². The van der Waals surface area contributed by atoms with Crippen molar-refractivity contribution in [2.24, 2.45) is 11.7 Å². The van der Waals surface area contributed by atoms with Crippen molar-refractivity contribution >= 4 is 22.6 Å². The molecule has 1 aliphatic heterocycles. The number of rotatable bonds is 5. The van der Waals surface area contributed by atoms with Gasteiger partial charge in [0.1, 0.15) is 0 Å². The van der Waals surface area contributed by atoms with Gasteiger partial charge in [-0.2, -0.15) is 0 Å². The number of halogens is 1. The highest BCUT2D eigenvalue weighted by molar-refractivity contribution is 14.1. The summed E-state index contributed by atoms with van der Waals surface area (Å²) < 4.78 is 5.35. The Balaban J connectivity index is 1.97. The summed E-state index contributed by atoms with van der Waals surface area (Å²) in [6.45, 7) is 5.04. The molecule has 0 aromatic rings. The van der Waals surface area contributed by atoms with Gasteiger partial charge in [-0.1, -0.05) is 29.5 Å². The maximum Gasteiger partial charge on any atom is 0.0643 e. The van der Waals surface area contributed by atoms with E-state index in [2.05, 4.69) is 34.8 Å². The van der Waals surface area contributed by atoms with Gasteiger partial charge in [0.2, 0.25) is 0 Å². The maximum atomic E-state index is 5.68. The van der Waals surface area contributed by atoms with Crippen LogP contribution in [0, 0.1) is 5.92 Å². The van der Waals surface area contributed by atoms with E-state index in [0.717, 1.165) is 26.2 Å². The largest absolute Gasteiger partial charge is 0.378 e. The van der Waals surface area contributed by atoms with Gasteiger partial charge in [0.05, 0.1) is 23.3 Å². The maximum absolute atomic E-state index is 5.68. The zero-order chi connectivity index (χ0) is 8.97. The van der Waals surface area contributed by atoms with Crippen LogP contribution >= 0.6 is 22.6 Å². The third-order valence-electron chi connectivity index (χ3n) is 2.02. The van der Waals surface area contributed by atoms with Crippen molar-refractivity contribution in [3.8, 4) is 0 Å². The van der Waals surface area contributed by atoms with Gasteiger partial charge in [-0.3, -0.25) is 0 Å². The van der Waals surface area contributed by atoms with E-state index in [4.69, 9.17) is 10.5 Å². The Kier molecular flexibility index (Phi) is 4.78. The van der Waals surface area contributed by atoms with Crippen LogP contribution in [0.3, 0.4) is 0 Å². The third kappa shape index (κ3) is 4.02. The van der Waals surface area contributed by atoms with E-state index < -0.39 is 0 Å². The molecule has 0 aliphatic carbocycles. The fourth-order valence-corrected chi connectivity index (χ4v) is 2.06. The highest BCUT2D eigenvalue weighted by Gasteiger charge is 2.18. The first-order valence-electron chi connectivity index (χ1n) is 4.39. The van der Waals surface area contributed by atoms with Gasteiger partial charge in [-0.25, -0.2) is 0 Å². The first kappa shape index (κ1) is 10.7. The molecule has 0 amide bonds. The van der Waals surface area contributed by atoms with Crippen molar-refractivity contribution in [2.75, 3.05) is 19.8 Å². The second-order valence-electron chi connectivity index (χ2n) is 3.50. The lowest BCUT2D eigenvalue weighted by molar-refractivity contribution is -0.00629. The molecule has 0 bridgehead atoms. The van der Waals surface area contributed by atoms with Crippen molar-refractivity contribution in [1.29, 1.82) is 0 Å². The van der Waals surface area contributed by atoms with E-state index in [1.807, 2.05) is 0 Å². The van der Waals surface area contributed by atoms with Gasteiger partial charge in [-0.15, -0.1) is 0 Å². The Morgan fingerprint density at radius 2 is 2.33 bits per heavy atom. The van der Waals surface area contributed by atoms with E-state index in [9.17, 15) is 0 Å². The van der Waals surface area contributed by atoms with E-state index in [1.165, 1.54) is 0 Å². The van der Waals surface area contributed by atoms with Gasteiger partial charge in [-0.05, 0) is 18.9 Å². The monoisotopic (exact) mass is 284 g/mol. The Hall–Kier alpha value is 0.610. The molecule has 1 saturated heterocycles. The number of hydrogen-bond acceptors (Lipinski definition) is 3. The summed E-state index contributed by atoms with van der Waals surface area (Å²) >= 11 is 2.26. The van der Waals surface area contributed by atoms with Gasteiger partial charge in [0.15, 0.2) is 0 Å². The van der Waals surface area contributed by atoms with Crippen LogP contribution in [0.1, 0.15) is 13.3 Å². The van der Waals surface area contributed by atoms with Crippen molar-refractivity contribution in [1.82, 2.24) is 5.32 Å². The first-order chi connectivity index (χ1) is 5.68. The molecule has 12 heavy (non-hydrogen) atoms. The van der Waals surface area contributed by atoms with Gasteiger partial charge in [0, 0.05) is 0 Å². The molecule has 3 nitrogen and oxygen atoms in total. The molecule has 3 N–H and O–H groups in total. The molecule has 0 spiro atoms. The van der Waals surface area contributed by atoms with E-state index in [1.54, 1.807) is 0 Å². The minimum Gasteiger partial charge on any atom is -0.378 e. The predicted octanol–water partition coefficient (Wildman–Crippen LogP) is 0.721. The number of hydrogen-bond donors (Lipinski definition) is 2. The summed E-state index contributed by atoms with van der Waals surface area (Å²) in [5.74, 6) is 0.664. The van der Waals surface area contributed by atoms with Crippen LogP contribution < -0.4 is 11.1 Å². The number of alkyl halides is 1. The smallest absolute Gasteiger partial charge is 0.0643 e. The lowest BCUT2D eigenvalue weighted by Gasteiger charge is -2.28. The predicted molar refractivity (Wildman–Crippen MR) is 58.4 cm³/mol. The average molecular weight is 284 g/mol. The van der Waals surface area contributed by atoms with Crippen LogP contribution in [-0.2, 0) is 4.74 Å². The Bertz CT molecular complexity index is 128. The van der Waals surface area contributed by atoms with Gasteiger partial charge < -0.3 is 15.8 Å². The Morgan fingerprint density at radius 1 is 1.67 bits per heavy atom. The van der Waals surface area contributed by atoms with E-state index in [-0.39, 0.29) is 4.05 Å². The average Bonchev–Trinajstić information content (AvgIpc) is 1.81. The van der Waals surface area contributed by atoms with Gasteiger partial charge in [0.25, 0.3) is 0 Å². The zero-order valence-corrected chi connectivity index (χ0v) is 9.58. The SMILES string of the molecule is CC(CNC1COC1)CC(N)I. The number of ether oxygens (including phenoxy) is 1. The molecular formula is C8H17IN2O. The summed E-state index contributed by atoms with van der Waals surface area (Å²) in [6.07, 6.45) is 1.08. The van der Waals surface area contributed by atoms with Crippen LogP contribution in [0.25, 0.3) is 0 Å². The molecule has 1 aliphatic rings. The van der Waals surface area contributed by atoms with E-state index in [0.29, 0.717) is 12.0 Å². The van der Waals surface area contributed by atoms with Crippen LogP contribution in [-0.4, -0.2) is 29.8 Å². The van der Waals surface area contributed by atoms with Crippen LogP contribution in [0.5, 0.6) is 0 Å². The summed E-state index contributed by atoms with van der Waals surface area (Å²) in [4.78, 5) is 0. The molecule has 1 heterocycles. The molecule has 2 unspecified atom stereocenters.